The largest absolute Gasteiger partial charge is 0.496 e. The van der Waals surface area contributed by atoms with Gasteiger partial charge < -0.3 is 19.2 Å². The molecule has 21 heavy (non-hydrogen) atoms. The van der Waals surface area contributed by atoms with Gasteiger partial charge in [0.1, 0.15) is 23.0 Å². The number of furan rings is 1. The molecule has 1 aromatic heterocycles. The van der Waals surface area contributed by atoms with Crippen molar-refractivity contribution in [1.82, 2.24) is 5.32 Å². The third-order valence-corrected chi connectivity index (χ3v) is 4.04. The molecule has 0 aliphatic carbocycles. The average Bonchev–Trinajstić information content (AvgIpc) is 2.97. The van der Waals surface area contributed by atoms with Crippen molar-refractivity contribution in [1.29, 1.82) is 0 Å². The Morgan fingerprint density at radius 2 is 1.90 bits per heavy atom. The Balaban J connectivity index is 2.50. The lowest BCUT2D eigenvalue weighted by atomic mass is 10.0. The highest BCUT2D eigenvalue weighted by atomic mass is 79.9. The smallest absolute Gasteiger partial charge is 0.133 e. The summed E-state index contributed by atoms with van der Waals surface area (Å²) < 4.78 is 17.6. The zero-order chi connectivity index (χ0) is 15.4. The molecule has 1 N–H and O–H groups in total. The number of aryl methyl sites for hydroxylation is 1. The minimum absolute atomic E-state index is 0.0951. The van der Waals surface area contributed by atoms with Crippen LogP contribution in [0.15, 0.2) is 33.2 Å². The predicted octanol–water partition coefficient (Wildman–Crippen LogP) is 3.93. The van der Waals surface area contributed by atoms with Gasteiger partial charge in [-0.15, -0.1) is 0 Å². The van der Waals surface area contributed by atoms with Crippen molar-refractivity contribution < 1.29 is 13.9 Å². The summed E-state index contributed by atoms with van der Waals surface area (Å²) in [7, 11) is 5.20. The summed E-state index contributed by atoms with van der Waals surface area (Å²) in [5, 5.41) is 3.27. The molecule has 1 aromatic carbocycles. The molecule has 2 rings (SSSR count). The molecule has 0 fully saturated rings. The van der Waals surface area contributed by atoms with E-state index in [1.165, 1.54) is 0 Å². The molecule has 0 aliphatic rings. The molecule has 1 atom stereocenters. The molecule has 5 heteroatoms. The van der Waals surface area contributed by atoms with Gasteiger partial charge in [-0.25, -0.2) is 0 Å². The number of hydrogen-bond donors (Lipinski definition) is 1. The maximum absolute atomic E-state index is 5.87. The molecule has 1 heterocycles. The predicted molar refractivity (Wildman–Crippen MR) is 86.2 cm³/mol. The number of hydrogen-bond acceptors (Lipinski definition) is 4. The normalized spacial score (nSPS) is 12.2. The number of benzene rings is 1. The molecule has 2 aromatic rings. The summed E-state index contributed by atoms with van der Waals surface area (Å²) >= 11 is 3.48. The Hall–Kier alpha value is -1.46. The lowest BCUT2D eigenvalue weighted by molar-refractivity contribution is 0.383. The van der Waals surface area contributed by atoms with Crippen molar-refractivity contribution in [3.05, 3.63) is 45.8 Å². The summed E-state index contributed by atoms with van der Waals surface area (Å²) in [5.74, 6) is 3.36. The number of halogens is 1. The van der Waals surface area contributed by atoms with E-state index in [1.807, 2.05) is 31.3 Å². The van der Waals surface area contributed by atoms with Crippen LogP contribution in [0.4, 0.5) is 0 Å². The van der Waals surface area contributed by atoms with Gasteiger partial charge in [-0.1, -0.05) is 6.92 Å². The van der Waals surface area contributed by atoms with E-state index in [4.69, 9.17) is 13.9 Å². The van der Waals surface area contributed by atoms with Gasteiger partial charge in [-0.2, -0.15) is 0 Å². The molecule has 0 radical (unpaired) electrons. The minimum atomic E-state index is -0.0951. The molecule has 0 spiro atoms. The molecular weight excluding hydrogens is 334 g/mol. The number of nitrogens with one attached hydrogen (secondary N) is 1. The summed E-state index contributed by atoms with van der Waals surface area (Å²) in [4.78, 5) is 0. The zero-order valence-electron chi connectivity index (χ0n) is 12.7. The fraction of sp³-hybridized carbons (Fsp3) is 0.375. The fourth-order valence-corrected chi connectivity index (χ4v) is 2.78. The molecule has 0 aliphatic heterocycles. The molecule has 0 amide bonds. The van der Waals surface area contributed by atoms with Crippen molar-refractivity contribution in [2.75, 3.05) is 21.3 Å². The molecule has 4 nitrogen and oxygen atoms in total. The molecule has 0 saturated heterocycles. The number of ether oxygens (including phenoxy) is 2. The van der Waals surface area contributed by atoms with Crippen molar-refractivity contribution in [3.63, 3.8) is 0 Å². The fourth-order valence-electron chi connectivity index (χ4n) is 2.30. The Bertz CT molecular complexity index is 610. The highest BCUT2D eigenvalue weighted by Crippen LogP contribution is 2.38. The first-order valence-corrected chi connectivity index (χ1v) is 7.61. The highest BCUT2D eigenvalue weighted by Gasteiger charge is 2.22. The monoisotopic (exact) mass is 353 g/mol. The van der Waals surface area contributed by atoms with Crippen LogP contribution in [0.5, 0.6) is 11.5 Å². The Labute approximate surface area is 133 Å². The lowest BCUT2D eigenvalue weighted by Crippen LogP contribution is -2.18. The topological polar surface area (TPSA) is 43.6 Å². The SMILES string of the molecule is CCc1ccc(C(NC)c2cc(OC)c(Br)cc2OC)o1. The second kappa shape index (κ2) is 7.00. The Morgan fingerprint density at radius 1 is 1.19 bits per heavy atom. The summed E-state index contributed by atoms with van der Waals surface area (Å²) in [5.41, 5.74) is 0.969. The van der Waals surface area contributed by atoms with Gasteiger partial charge in [0.15, 0.2) is 0 Å². The summed E-state index contributed by atoms with van der Waals surface area (Å²) in [6.45, 7) is 2.07. The van der Waals surface area contributed by atoms with Crippen molar-refractivity contribution in [3.8, 4) is 11.5 Å². The van der Waals surface area contributed by atoms with E-state index in [0.29, 0.717) is 0 Å². The van der Waals surface area contributed by atoms with E-state index in [9.17, 15) is 0 Å². The van der Waals surface area contributed by atoms with Gasteiger partial charge in [0.2, 0.25) is 0 Å². The lowest BCUT2D eigenvalue weighted by Gasteiger charge is -2.19. The van der Waals surface area contributed by atoms with Crippen molar-refractivity contribution >= 4 is 15.9 Å². The quantitative estimate of drug-likeness (QED) is 0.854. The van der Waals surface area contributed by atoms with Crippen LogP contribution in [0.2, 0.25) is 0 Å². The zero-order valence-corrected chi connectivity index (χ0v) is 14.3. The van der Waals surface area contributed by atoms with Gasteiger partial charge in [-0.05, 0) is 47.2 Å². The third-order valence-electron chi connectivity index (χ3n) is 3.42. The van der Waals surface area contributed by atoms with Crippen LogP contribution in [-0.2, 0) is 6.42 Å². The van der Waals surface area contributed by atoms with Gasteiger partial charge in [-0.3, -0.25) is 0 Å². The van der Waals surface area contributed by atoms with Crippen LogP contribution in [0.3, 0.4) is 0 Å². The van der Waals surface area contributed by atoms with Gasteiger partial charge >= 0.3 is 0 Å². The van der Waals surface area contributed by atoms with E-state index in [2.05, 4.69) is 28.2 Å². The van der Waals surface area contributed by atoms with Crippen LogP contribution in [-0.4, -0.2) is 21.3 Å². The minimum Gasteiger partial charge on any atom is -0.496 e. The first-order chi connectivity index (χ1) is 10.1. The van der Waals surface area contributed by atoms with E-state index < -0.39 is 0 Å². The van der Waals surface area contributed by atoms with E-state index in [1.54, 1.807) is 14.2 Å². The van der Waals surface area contributed by atoms with E-state index >= 15 is 0 Å². The summed E-state index contributed by atoms with van der Waals surface area (Å²) in [6.07, 6.45) is 0.872. The Morgan fingerprint density at radius 3 is 2.43 bits per heavy atom. The third kappa shape index (κ3) is 3.24. The maximum Gasteiger partial charge on any atom is 0.133 e. The van der Waals surface area contributed by atoms with Crippen LogP contribution in [0.1, 0.15) is 30.0 Å². The first kappa shape index (κ1) is 15.9. The van der Waals surface area contributed by atoms with Crippen LogP contribution in [0.25, 0.3) is 0 Å². The van der Waals surface area contributed by atoms with Crippen LogP contribution in [0, 0.1) is 0 Å². The van der Waals surface area contributed by atoms with Crippen LogP contribution < -0.4 is 14.8 Å². The van der Waals surface area contributed by atoms with E-state index in [0.717, 1.165) is 39.5 Å². The highest BCUT2D eigenvalue weighted by molar-refractivity contribution is 9.10. The van der Waals surface area contributed by atoms with Gasteiger partial charge in [0.05, 0.1) is 24.7 Å². The number of rotatable bonds is 6. The average molecular weight is 354 g/mol. The maximum atomic E-state index is 5.87. The van der Waals surface area contributed by atoms with Crippen LogP contribution >= 0.6 is 15.9 Å². The second-order valence-electron chi connectivity index (χ2n) is 4.61. The molecule has 114 valence electrons. The molecule has 0 bridgehead atoms. The van der Waals surface area contributed by atoms with E-state index in [-0.39, 0.29) is 6.04 Å². The van der Waals surface area contributed by atoms with Crippen molar-refractivity contribution in [2.24, 2.45) is 0 Å². The molecule has 0 saturated carbocycles. The second-order valence-corrected chi connectivity index (χ2v) is 5.46. The van der Waals surface area contributed by atoms with Gasteiger partial charge in [0, 0.05) is 12.0 Å². The Kier molecular flexibility index (Phi) is 5.31. The first-order valence-electron chi connectivity index (χ1n) is 6.81. The molecular formula is C16H20BrNO3. The van der Waals surface area contributed by atoms with Crippen molar-refractivity contribution in [2.45, 2.75) is 19.4 Å². The number of methoxy groups -OCH3 is 2. The summed E-state index contributed by atoms with van der Waals surface area (Å²) in [6, 6.07) is 7.76. The van der Waals surface area contributed by atoms with Gasteiger partial charge in [0.25, 0.3) is 0 Å². The standard InChI is InChI=1S/C16H20BrNO3/c1-5-10-6-7-13(21-10)16(18-2)11-8-15(20-4)12(17)9-14(11)19-3/h6-9,16,18H,5H2,1-4H3. The molecule has 1 unspecified atom stereocenters.